The standard InChI is InChI=1S/C16H16BrNO3S/c17-14-6-8-15(9-7-14)22(19,20)18-10-11-21-16(12-18)13-4-2-1-3-5-13/h1-9,16H,10-12H2. The molecule has 1 aliphatic rings. The molecule has 0 saturated carbocycles. The monoisotopic (exact) mass is 381 g/mol. The van der Waals surface area contributed by atoms with E-state index in [4.69, 9.17) is 4.74 Å². The summed E-state index contributed by atoms with van der Waals surface area (Å²) in [7, 11) is -3.49. The van der Waals surface area contributed by atoms with Crippen LogP contribution in [0.3, 0.4) is 0 Å². The molecule has 0 radical (unpaired) electrons. The Bertz CT molecular complexity index is 732. The Morgan fingerprint density at radius 1 is 1.05 bits per heavy atom. The number of hydrogen-bond donors (Lipinski definition) is 0. The van der Waals surface area contributed by atoms with E-state index in [1.165, 1.54) is 4.31 Å². The first-order chi connectivity index (χ1) is 10.6. The summed E-state index contributed by atoms with van der Waals surface area (Å²) >= 11 is 3.32. The van der Waals surface area contributed by atoms with Crippen LogP contribution in [0.1, 0.15) is 11.7 Å². The van der Waals surface area contributed by atoms with Gasteiger partial charge in [-0.2, -0.15) is 4.31 Å². The summed E-state index contributed by atoms with van der Waals surface area (Å²) in [4.78, 5) is 0.310. The third-order valence-electron chi connectivity index (χ3n) is 3.65. The Balaban J connectivity index is 1.83. The molecule has 0 aromatic heterocycles. The fraction of sp³-hybridized carbons (Fsp3) is 0.250. The van der Waals surface area contributed by atoms with Crippen molar-refractivity contribution in [1.29, 1.82) is 0 Å². The van der Waals surface area contributed by atoms with E-state index in [2.05, 4.69) is 15.9 Å². The Labute approximate surface area is 138 Å². The summed E-state index contributed by atoms with van der Waals surface area (Å²) in [5.41, 5.74) is 0.998. The molecule has 6 heteroatoms. The normalized spacial score (nSPS) is 20.0. The zero-order valence-electron chi connectivity index (χ0n) is 11.9. The molecule has 1 unspecified atom stereocenters. The first kappa shape index (κ1) is 15.7. The number of sulfonamides is 1. The van der Waals surface area contributed by atoms with Crippen molar-refractivity contribution in [2.75, 3.05) is 19.7 Å². The van der Waals surface area contributed by atoms with Gasteiger partial charge in [-0.05, 0) is 29.8 Å². The number of rotatable bonds is 3. The maximum Gasteiger partial charge on any atom is 0.243 e. The van der Waals surface area contributed by atoms with Crippen LogP contribution in [0.25, 0.3) is 0 Å². The molecule has 1 fully saturated rings. The van der Waals surface area contributed by atoms with E-state index in [1.807, 2.05) is 30.3 Å². The maximum atomic E-state index is 12.7. The van der Waals surface area contributed by atoms with Gasteiger partial charge >= 0.3 is 0 Å². The molecule has 0 aliphatic carbocycles. The average molecular weight is 382 g/mol. The summed E-state index contributed by atoms with van der Waals surface area (Å²) in [5.74, 6) is 0. The van der Waals surface area contributed by atoms with Gasteiger partial charge in [0.15, 0.2) is 0 Å². The van der Waals surface area contributed by atoms with Gasteiger partial charge in [-0.25, -0.2) is 8.42 Å². The summed E-state index contributed by atoms with van der Waals surface area (Å²) in [6.45, 7) is 1.11. The van der Waals surface area contributed by atoms with Crippen molar-refractivity contribution < 1.29 is 13.2 Å². The highest BCUT2D eigenvalue weighted by atomic mass is 79.9. The van der Waals surface area contributed by atoms with Crippen LogP contribution in [-0.4, -0.2) is 32.4 Å². The molecule has 0 bridgehead atoms. The molecule has 116 valence electrons. The number of nitrogens with zero attached hydrogens (tertiary/aromatic N) is 1. The van der Waals surface area contributed by atoms with Gasteiger partial charge < -0.3 is 4.74 Å². The zero-order valence-corrected chi connectivity index (χ0v) is 14.3. The van der Waals surface area contributed by atoms with Gasteiger partial charge in [0.1, 0.15) is 0 Å². The molecule has 2 aromatic rings. The highest BCUT2D eigenvalue weighted by molar-refractivity contribution is 9.10. The lowest BCUT2D eigenvalue weighted by atomic mass is 10.1. The van der Waals surface area contributed by atoms with E-state index in [-0.39, 0.29) is 6.10 Å². The van der Waals surface area contributed by atoms with Crippen LogP contribution in [0.2, 0.25) is 0 Å². The van der Waals surface area contributed by atoms with Crippen LogP contribution in [-0.2, 0) is 14.8 Å². The third-order valence-corrected chi connectivity index (χ3v) is 6.06. The zero-order chi connectivity index (χ0) is 15.6. The van der Waals surface area contributed by atoms with Crippen molar-refractivity contribution in [2.45, 2.75) is 11.0 Å². The van der Waals surface area contributed by atoms with E-state index in [0.717, 1.165) is 10.0 Å². The predicted molar refractivity (Wildman–Crippen MR) is 88.0 cm³/mol. The molecular formula is C16H16BrNO3S. The molecule has 0 amide bonds. The van der Waals surface area contributed by atoms with Crippen LogP contribution in [0, 0.1) is 0 Å². The van der Waals surface area contributed by atoms with Gasteiger partial charge in [0.25, 0.3) is 0 Å². The third kappa shape index (κ3) is 3.25. The minimum absolute atomic E-state index is 0.222. The van der Waals surface area contributed by atoms with Crippen LogP contribution in [0.15, 0.2) is 64.0 Å². The number of benzene rings is 2. The molecule has 3 rings (SSSR count). The molecule has 1 saturated heterocycles. The van der Waals surface area contributed by atoms with E-state index >= 15 is 0 Å². The van der Waals surface area contributed by atoms with Crippen LogP contribution >= 0.6 is 15.9 Å². The molecular weight excluding hydrogens is 366 g/mol. The number of ether oxygens (including phenoxy) is 1. The molecule has 1 atom stereocenters. The minimum Gasteiger partial charge on any atom is -0.371 e. The predicted octanol–water partition coefficient (Wildman–Crippen LogP) is 3.21. The van der Waals surface area contributed by atoms with Gasteiger partial charge in [0.2, 0.25) is 10.0 Å². The highest BCUT2D eigenvalue weighted by Crippen LogP contribution is 2.26. The first-order valence-corrected chi connectivity index (χ1v) is 9.23. The molecule has 1 heterocycles. The maximum absolute atomic E-state index is 12.7. The van der Waals surface area contributed by atoms with Crippen molar-refractivity contribution in [2.24, 2.45) is 0 Å². The Hall–Kier alpha value is -1.21. The largest absolute Gasteiger partial charge is 0.371 e. The lowest BCUT2D eigenvalue weighted by molar-refractivity contribution is -0.00255. The van der Waals surface area contributed by atoms with Crippen molar-refractivity contribution in [3.8, 4) is 0 Å². The summed E-state index contributed by atoms with van der Waals surface area (Å²) < 4.78 is 33.5. The number of hydrogen-bond acceptors (Lipinski definition) is 3. The highest BCUT2D eigenvalue weighted by Gasteiger charge is 2.31. The Morgan fingerprint density at radius 2 is 1.73 bits per heavy atom. The second-order valence-corrected chi connectivity index (χ2v) is 7.94. The smallest absolute Gasteiger partial charge is 0.243 e. The number of halogens is 1. The quantitative estimate of drug-likeness (QED) is 0.819. The molecule has 0 spiro atoms. The van der Waals surface area contributed by atoms with Crippen molar-refractivity contribution in [3.63, 3.8) is 0 Å². The second kappa shape index (κ2) is 6.50. The molecule has 1 aliphatic heterocycles. The summed E-state index contributed by atoms with van der Waals surface area (Å²) in [6.07, 6.45) is -0.222. The van der Waals surface area contributed by atoms with Crippen molar-refractivity contribution >= 4 is 26.0 Å². The van der Waals surface area contributed by atoms with E-state index in [1.54, 1.807) is 24.3 Å². The minimum atomic E-state index is -3.49. The Morgan fingerprint density at radius 3 is 2.41 bits per heavy atom. The fourth-order valence-electron chi connectivity index (χ4n) is 2.47. The van der Waals surface area contributed by atoms with Gasteiger partial charge in [-0.3, -0.25) is 0 Å². The molecule has 0 N–H and O–H groups in total. The van der Waals surface area contributed by atoms with E-state index in [0.29, 0.717) is 24.6 Å². The van der Waals surface area contributed by atoms with E-state index < -0.39 is 10.0 Å². The van der Waals surface area contributed by atoms with Gasteiger partial charge in [-0.15, -0.1) is 0 Å². The van der Waals surface area contributed by atoms with Gasteiger partial charge in [-0.1, -0.05) is 46.3 Å². The molecule has 22 heavy (non-hydrogen) atoms. The van der Waals surface area contributed by atoms with Crippen LogP contribution in [0.4, 0.5) is 0 Å². The average Bonchev–Trinajstić information content (AvgIpc) is 2.56. The topological polar surface area (TPSA) is 46.6 Å². The lowest BCUT2D eigenvalue weighted by Gasteiger charge is -2.32. The first-order valence-electron chi connectivity index (χ1n) is 6.99. The number of morpholine rings is 1. The van der Waals surface area contributed by atoms with Crippen LogP contribution < -0.4 is 0 Å². The van der Waals surface area contributed by atoms with Crippen LogP contribution in [0.5, 0.6) is 0 Å². The second-order valence-electron chi connectivity index (χ2n) is 5.09. The summed E-state index contributed by atoms with van der Waals surface area (Å²) in [6, 6.07) is 16.4. The van der Waals surface area contributed by atoms with Crippen molar-refractivity contribution in [3.05, 3.63) is 64.6 Å². The van der Waals surface area contributed by atoms with E-state index in [9.17, 15) is 8.42 Å². The van der Waals surface area contributed by atoms with Gasteiger partial charge in [0, 0.05) is 17.6 Å². The molecule has 2 aromatic carbocycles. The lowest BCUT2D eigenvalue weighted by Crippen LogP contribution is -2.42. The Kier molecular flexibility index (Phi) is 4.63. The molecule has 4 nitrogen and oxygen atoms in total. The summed E-state index contributed by atoms with van der Waals surface area (Å²) in [5, 5.41) is 0. The fourth-order valence-corrected chi connectivity index (χ4v) is 4.16. The van der Waals surface area contributed by atoms with Crippen molar-refractivity contribution in [1.82, 2.24) is 4.31 Å². The van der Waals surface area contributed by atoms with Gasteiger partial charge in [0.05, 0.1) is 17.6 Å². The SMILES string of the molecule is O=S(=O)(c1ccc(Br)cc1)N1CCOC(c2ccccc2)C1.